The summed E-state index contributed by atoms with van der Waals surface area (Å²) in [6, 6.07) is 13.3. The van der Waals surface area contributed by atoms with Crippen LogP contribution in [0.2, 0.25) is 5.02 Å². The largest absolute Gasteiger partial charge is 0.480 e. The minimum absolute atomic E-state index is 0.221. The fourth-order valence-corrected chi connectivity index (χ4v) is 3.21. The zero-order valence-electron chi connectivity index (χ0n) is 13.9. The molecule has 7 heteroatoms. The number of ether oxygens (including phenoxy) is 2. The number of rotatable bonds is 5. The van der Waals surface area contributed by atoms with Crippen molar-refractivity contribution in [2.24, 2.45) is 0 Å². The molecule has 5 nitrogen and oxygen atoms in total. The van der Waals surface area contributed by atoms with E-state index in [4.69, 9.17) is 21.1 Å². The highest BCUT2D eigenvalue weighted by Gasteiger charge is 2.25. The minimum Gasteiger partial charge on any atom is -0.480 e. The summed E-state index contributed by atoms with van der Waals surface area (Å²) in [4.78, 5) is 0.221. The average Bonchev–Trinajstić information content (AvgIpc) is 2.63. The average molecular weight is 393 g/mol. The number of aliphatic hydroxyl groups excluding tert-OH is 1. The van der Waals surface area contributed by atoms with Crippen molar-refractivity contribution in [2.45, 2.75) is 11.0 Å². The lowest BCUT2D eigenvalue weighted by atomic mass is 10.1. The number of allylic oxidation sites excluding steroid dienone is 2. The van der Waals surface area contributed by atoms with Gasteiger partial charge in [-0.15, -0.1) is 0 Å². The van der Waals surface area contributed by atoms with Crippen molar-refractivity contribution in [3.8, 4) is 5.75 Å². The smallest absolute Gasteiger partial charge is 0.181 e. The monoisotopic (exact) mass is 392 g/mol. The van der Waals surface area contributed by atoms with Crippen molar-refractivity contribution in [1.29, 1.82) is 0 Å². The van der Waals surface area contributed by atoms with Gasteiger partial charge in [-0.05, 0) is 48.6 Å². The topological polar surface area (TPSA) is 72.8 Å². The van der Waals surface area contributed by atoms with E-state index >= 15 is 0 Å². The number of sulfone groups is 1. The molecule has 0 fully saturated rings. The molecule has 0 amide bonds. The summed E-state index contributed by atoms with van der Waals surface area (Å²) in [5, 5.41) is 9.95. The molecule has 1 aliphatic rings. The van der Waals surface area contributed by atoms with E-state index in [0.717, 1.165) is 6.26 Å². The third kappa shape index (κ3) is 4.27. The molecule has 0 radical (unpaired) electrons. The lowest BCUT2D eigenvalue weighted by Crippen LogP contribution is -2.16. The summed E-state index contributed by atoms with van der Waals surface area (Å²) in [5.41, 5.74) is 0.705. The Morgan fingerprint density at radius 3 is 2.31 bits per heavy atom. The molecule has 0 aliphatic carbocycles. The van der Waals surface area contributed by atoms with Crippen molar-refractivity contribution in [3.05, 3.63) is 82.8 Å². The number of aliphatic hydroxyl groups is 1. The first-order valence-electron chi connectivity index (χ1n) is 7.78. The Morgan fingerprint density at radius 2 is 1.73 bits per heavy atom. The molecule has 2 aromatic carbocycles. The molecule has 26 heavy (non-hydrogen) atoms. The molecule has 1 atom stereocenters. The standard InChI is InChI=1S/C19H17ClO5S/c1-26(22,23)17-9-2-13(3-10-17)19-18(11-8-16(12-21)25-19)24-15-6-4-14(20)5-7-15/h2-11,19,21H,12H2,1H3. The summed E-state index contributed by atoms with van der Waals surface area (Å²) in [6.07, 6.45) is 3.90. The van der Waals surface area contributed by atoms with E-state index in [1.54, 1.807) is 48.6 Å². The Kier molecular flexibility index (Phi) is 5.36. The SMILES string of the molecule is CS(=O)(=O)c1ccc(C2OC(CO)=CC=C2Oc2ccc(Cl)cc2)cc1. The maximum absolute atomic E-state index is 11.6. The van der Waals surface area contributed by atoms with Gasteiger partial charge < -0.3 is 14.6 Å². The predicted molar refractivity (Wildman–Crippen MR) is 98.7 cm³/mol. The van der Waals surface area contributed by atoms with Gasteiger partial charge in [0.05, 0.1) is 4.90 Å². The van der Waals surface area contributed by atoms with Gasteiger partial charge in [0, 0.05) is 16.8 Å². The van der Waals surface area contributed by atoms with Crippen LogP contribution in [0.15, 0.2) is 77.1 Å². The Morgan fingerprint density at radius 1 is 1.08 bits per heavy atom. The molecular formula is C19H17ClO5S. The Hall–Kier alpha value is -2.28. The Balaban J connectivity index is 1.91. The van der Waals surface area contributed by atoms with Gasteiger partial charge in [-0.1, -0.05) is 23.7 Å². The van der Waals surface area contributed by atoms with Gasteiger partial charge in [0.2, 0.25) is 0 Å². The number of benzene rings is 2. The Labute approximate surface area is 157 Å². The van der Waals surface area contributed by atoms with E-state index in [-0.39, 0.29) is 11.5 Å². The zero-order chi connectivity index (χ0) is 18.7. The second-order valence-electron chi connectivity index (χ2n) is 5.76. The molecule has 1 heterocycles. The molecule has 3 rings (SSSR count). The van der Waals surface area contributed by atoms with E-state index in [1.165, 1.54) is 12.1 Å². The van der Waals surface area contributed by atoms with E-state index < -0.39 is 15.9 Å². The summed E-state index contributed by atoms with van der Waals surface area (Å²) in [5.74, 6) is 1.49. The molecule has 0 aromatic heterocycles. The summed E-state index contributed by atoms with van der Waals surface area (Å²) >= 11 is 5.89. The molecule has 1 unspecified atom stereocenters. The van der Waals surface area contributed by atoms with Crippen LogP contribution in [0.4, 0.5) is 0 Å². The van der Waals surface area contributed by atoms with Crippen LogP contribution in [0.25, 0.3) is 0 Å². The van der Waals surface area contributed by atoms with Crippen LogP contribution in [0.1, 0.15) is 11.7 Å². The van der Waals surface area contributed by atoms with Gasteiger partial charge >= 0.3 is 0 Å². The number of hydrogen-bond donors (Lipinski definition) is 1. The lowest BCUT2D eigenvalue weighted by Gasteiger charge is -2.26. The van der Waals surface area contributed by atoms with Gasteiger partial charge in [-0.2, -0.15) is 0 Å². The third-order valence-electron chi connectivity index (χ3n) is 3.78. The van der Waals surface area contributed by atoms with Crippen molar-refractivity contribution in [2.75, 3.05) is 12.9 Å². The highest BCUT2D eigenvalue weighted by atomic mass is 35.5. The van der Waals surface area contributed by atoms with Crippen molar-refractivity contribution < 1.29 is 23.0 Å². The van der Waals surface area contributed by atoms with Crippen LogP contribution in [-0.2, 0) is 14.6 Å². The van der Waals surface area contributed by atoms with E-state index in [9.17, 15) is 13.5 Å². The van der Waals surface area contributed by atoms with E-state index in [1.807, 2.05) is 0 Å². The molecule has 1 N–H and O–H groups in total. The second kappa shape index (κ2) is 7.53. The molecule has 0 bridgehead atoms. The summed E-state index contributed by atoms with van der Waals surface area (Å²) < 4.78 is 35.0. The first-order valence-corrected chi connectivity index (χ1v) is 10.1. The van der Waals surface area contributed by atoms with Crippen molar-refractivity contribution in [1.82, 2.24) is 0 Å². The van der Waals surface area contributed by atoms with Gasteiger partial charge in [0.15, 0.2) is 15.9 Å². The van der Waals surface area contributed by atoms with Crippen LogP contribution in [0.5, 0.6) is 5.75 Å². The van der Waals surface area contributed by atoms with Crippen LogP contribution in [-0.4, -0.2) is 26.4 Å². The quantitative estimate of drug-likeness (QED) is 0.840. The normalized spacial score (nSPS) is 17.1. The van der Waals surface area contributed by atoms with Gasteiger partial charge in [0.25, 0.3) is 0 Å². The molecule has 0 saturated carbocycles. The fourth-order valence-electron chi connectivity index (χ4n) is 2.45. The molecular weight excluding hydrogens is 376 g/mol. The molecule has 2 aromatic rings. The van der Waals surface area contributed by atoms with Gasteiger partial charge in [0.1, 0.15) is 23.9 Å². The zero-order valence-corrected chi connectivity index (χ0v) is 15.5. The molecule has 0 spiro atoms. The summed E-state index contributed by atoms with van der Waals surface area (Å²) in [7, 11) is -3.28. The first-order chi connectivity index (χ1) is 12.4. The van der Waals surface area contributed by atoms with Crippen LogP contribution >= 0.6 is 11.6 Å². The first kappa shape index (κ1) is 18.5. The van der Waals surface area contributed by atoms with Crippen LogP contribution in [0.3, 0.4) is 0 Å². The van der Waals surface area contributed by atoms with Gasteiger partial charge in [-0.3, -0.25) is 0 Å². The molecule has 0 saturated heterocycles. The van der Waals surface area contributed by atoms with Gasteiger partial charge in [-0.25, -0.2) is 8.42 Å². The number of hydrogen-bond acceptors (Lipinski definition) is 5. The number of halogens is 1. The van der Waals surface area contributed by atoms with Crippen molar-refractivity contribution >= 4 is 21.4 Å². The molecule has 1 aliphatic heterocycles. The summed E-state index contributed by atoms with van der Waals surface area (Å²) in [6.45, 7) is -0.247. The van der Waals surface area contributed by atoms with E-state index in [2.05, 4.69) is 0 Å². The highest BCUT2D eigenvalue weighted by molar-refractivity contribution is 7.90. The minimum atomic E-state index is -3.28. The maximum atomic E-state index is 11.6. The fraction of sp³-hybridized carbons (Fsp3) is 0.158. The molecule has 136 valence electrons. The van der Waals surface area contributed by atoms with Crippen molar-refractivity contribution in [3.63, 3.8) is 0 Å². The predicted octanol–water partition coefficient (Wildman–Crippen LogP) is 3.65. The Bertz CT molecular complexity index is 944. The highest BCUT2D eigenvalue weighted by Crippen LogP contribution is 2.34. The maximum Gasteiger partial charge on any atom is 0.181 e. The van der Waals surface area contributed by atoms with E-state index in [0.29, 0.717) is 27.9 Å². The van der Waals surface area contributed by atoms with Crippen LogP contribution < -0.4 is 4.74 Å². The second-order valence-corrected chi connectivity index (χ2v) is 8.21. The lowest BCUT2D eigenvalue weighted by molar-refractivity contribution is 0.0807. The van der Waals surface area contributed by atoms with Crippen LogP contribution in [0, 0.1) is 0 Å². The third-order valence-corrected chi connectivity index (χ3v) is 5.16.